The Balaban J connectivity index is 0.000000175. The highest BCUT2D eigenvalue weighted by molar-refractivity contribution is 5.95. The molecule has 4 unspecified atom stereocenters. The predicted molar refractivity (Wildman–Crippen MR) is 149 cm³/mol. The van der Waals surface area contributed by atoms with Gasteiger partial charge in [-0.1, -0.05) is 13.8 Å². The Kier molecular flexibility index (Phi) is 9.52. The predicted octanol–water partition coefficient (Wildman–Crippen LogP) is 1.75. The number of nitrogens with one attached hydrogen (secondary N) is 1. The zero-order valence-corrected chi connectivity index (χ0v) is 24.2. The van der Waals surface area contributed by atoms with Crippen molar-refractivity contribution in [2.24, 2.45) is 5.92 Å². The second kappa shape index (κ2) is 12.9. The van der Waals surface area contributed by atoms with E-state index in [-0.39, 0.29) is 40.7 Å². The number of likely N-dealkylation sites (tertiary alicyclic amines) is 3. The van der Waals surface area contributed by atoms with Crippen molar-refractivity contribution in [1.82, 2.24) is 40.0 Å². The molecule has 4 aliphatic heterocycles. The molecule has 6 heterocycles. The van der Waals surface area contributed by atoms with Gasteiger partial charge >= 0.3 is 0 Å². The molecule has 0 radical (unpaired) electrons. The summed E-state index contributed by atoms with van der Waals surface area (Å²) >= 11 is 0. The van der Waals surface area contributed by atoms with E-state index in [1.807, 2.05) is 18.7 Å². The molecule has 2 aromatic rings. The number of aryl methyl sites for hydroxylation is 2. The van der Waals surface area contributed by atoms with Gasteiger partial charge in [0.05, 0.1) is 11.4 Å². The van der Waals surface area contributed by atoms with Crippen molar-refractivity contribution in [1.29, 1.82) is 0 Å². The Hall–Kier alpha value is -3.38. The highest BCUT2D eigenvalue weighted by Crippen LogP contribution is 2.32. The Labute approximate surface area is 235 Å². The number of nitrogens with zero attached hydrogens (tertiary/aromatic N) is 7. The van der Waals surface area contributed by atoms with Crippen molar-refractivity contribution >= 4 is 11.8 Å². The lowest BCUT2D eigenvalue weighted by Gasteiger charge is -2.46. The van der Waals surface area contributed by atoms with Crippen molar-refractivity contribution in [2.75, 3.05) is 39.8 Å². The number of aromatic nitrogens is 4. The summed E-state index contributed by atoms with van der Waals surface area (Å²) in [6.07, 6.45) is 6.77. The summed E-state index contributed by atoms with van der Waals surface area (Å²) in [6.45, 7) is 11.5. The zero-order chi connectivity index (χ0) is 29.0. The molecule has 2 aromatic heterocycles. The maximum absolute atomic E-state index is 12.7. The summed E-state index contributed by atoms with van der Waals surface area (Å²) in [5.74, 6) is -0.00328. The van der Waals surface area contributed by atoms with E-state index in [1.165, 1.54) is 12.7 Å². The summed E-state index contributed by atoms with van der Waals surface area (Å²) in [5, 5.41) is 23.2. The zero-order valence-electron chi connectivity index (χ0n) is 24.2. The van der Waals surface area contributed by atoms with E-state index in [1.54, 1.807) is 18.7 Å². The van der Waals surface area contributed by atoms with Crippen LogP contribution in [0.1, 0.15) is 71.9 Å². The molecule has 4 saturated heterocycles. The number of hydrogen-bond acceptors (Lipinski definition) is 10. The molecule has 40 heavy (non-hydrogen) atoms. The molecule has 0 aromatic carbocycles. The molecule has 6 rings (SSSR count). The van der Waals surface area contributed by atoms with Crippen LogP contribution in [0.5, 0.6) is 11.5 Å². The number of aromatic hydroxyl groups is 2. The number of piperidine rings is 2. The average molecular weight is 555 g/mol. The number of carbonyl (C=O) groups excluding carboxylic acids is 2. The topological polar surface area (TPSA) is 148 Å². The molecule has 0 saturated carbocycles. The Morgan fingerprint density at radius 3 is 2.05 bits per heavy atom. The van der Waals surface area contributed by atoms with Crippen LogP contribution in [-0.2, 0) is 0 Å². The van der Waals surface area contributed by atoms with Gasteiger partial charge in [-0.05, 0) is 46.6 Å². The van der Waals surface area contributed by atoms with Crippen LogP contribution in [0.25, 0.3) is 0 Å². The molecule has 12 heteroatoms. The van der Waals surface area contributed by atoms with Crippen LogP contribution in [0, 0.1) is 19.8 Å². The minimum atomic E-state index is -0.191. The Bertz CT molecular complexity index is 1210. The SMILES string of the molecule is CC.Cc1ncnc(C(=O)N2CCC3NCC3C2)c1O.Cc1ncnc(C(=O)N2CCCC3C2CCN3C)c1O. The normalized spacial score (nSPS) is 25.3. The molecule has 4 atom stereocenters. The standard InChI is InChI=1S/C14H20N4O2.C12H16N4O2.C2H6/c1-9-13(19)12(16-8-15-9)14(20)18-6-3-4-10-11(18)5-7-17(10)2;1-7-11(17)10(15-6-14-7)12(18)16-3-2-9-8(5-16)4-13-9;1-2/h8,10-11,19H,3-7H2,1-2H3;6,8-9,13,17H,2-5H2,1H3;1-2H3. The number of hydrogen-bond donors (Lipinski definition) is 3. The second-order valence-corrected chi connectivity index (χ2v) is 10.7. The van der Waals surface area contributed by atoms with Gasteiger partial charge in [0.15, 0.2) is 22.9 Å². The minimum Gasteiger partial charge on any atom is -0.504 e. The quantitative estimate of drug-likeness (QED) is 0.501. The highest BCUT2D eigenvalue weighted by Gasteiger charge is 2.41. The summed E-state index contributed by atoms with van der Waals surface area (Å²) in [7, 11) is 2.12. The molecule has 4 aliphatic rings. The van der Waals surface area contributed by atoms with Crippen molar-refractivity contribution in [3.8, 4) is 11.5 Å². The van der Waals surface area contributed by atoms with Gasteiger partial charge in [0.1, 0.15) is 12.7 Å². The van der Waals surface area contributed by atoms with E-state index in [4.69, 9.17) is 0 Å². The number of carbonyl (C=O) groups is 2. The molecule has 3 N–H and O–H groups in total. The lowest BCUT2D eigenvalue weighted by molar-refractivity contribution is 0.0499. The van der Waals surface area contributed by atoms with E-state index >= 15 is 0 Å². The third-order valence-electron chi connectivity index (χ3n) is 8.43. The van der Waals surface area contributed by atoms with Gasteiger partial charge in [-0.2, -0.15) is 0 Å². The molecule has 12 nitrogen and oxygen atoms in total. The van der Waals surface area contributed by atoms with Crippen LogP contribution in [0.2, 0.25) is 0 Å². The van der Waals surface area contributed by atoms with Gasteiger partial charge in [0.25, 0.3) is 11.8 Å². The smallest absolute Gasteiger partial charge is 0.276 e. The molecule has 218 valence electrons. The summed E-state index contributed by atoms with van der Waals surface area (Å²) < 4.78 is 0. The number of rotatable bonds is 2. The molecule has 0 bridgehead atoms. The third kappa shape index (κ3) is 5.87. The molecule has 2 amide bonds. The van der Waals surface area contributed by atoms with Crippen LogP contribution < -0.4 is 5.32 Å². The first-order valence-electron chi connectivity index (χ1n) is 14.3. The summed E-state index contributed by atoms with van der Waals surface area (Å²) in [5.41, 5.74) is 1.13. The average Bonchev–Trinajstić information content (AvgIpc) is 3.34. The highest BCUT2D eigenvalue weighted by atomic mass is 16.3. The van der Waals surface area contributed by atoms with Crippen LogP contribution in [0.3, 0.4) is 0 Å². The fourth-order valence-corrected chi connectivity index (χ4v) is 6.02. The summed E-state index contributed by atoms with van der Waals surface area (Å²) in [4.78, 5) is 46.6. The first-order chi connectivity index (χ1) is 19.3. The fraction of sp³-hybridized carbons (Fsp3) is 0.643. The van der Waals surface area contributed by atoms with Gasteiger partial charge in [-0.3, -0.25) is 9.59 Å². The molecule has 4 fully saturated rings. The fourth-order valence-electron chi connectivity index (χ4n) is 6.02. The van der Waals surface area contributed by atoms with E-state index < -0.39 is 0 Å². The molecular weight excluding hydrogens is 512 g/mol. The van der Waals surface area contributed by atoms with Crippen molar-refractivity contribution in [3.63, 3.8) is 0 Å². The van der Waals surface area contributed by atoms with Crippen LogP contribution in [0.4, 0.5) is 0 Å². The third-order valence-corrected chi connectivity index (χ3v) is 8.43. The monoisotopic (exact) mass is 554 g/mol. The lowest BCUT2D eigenvalue weighted by atomic mass is 9.85. The first kappa shape index (κ1) is 29.6. The van der Waals surface area contributed by atoms with Gasteiger partial charge in [0.2, 0.25) is 0 Å². The first-order valence-corrected chi connectivity index (χ1v) is 14.3. The van der Waals surface area contributed by atoms with Crippen LogP contribution in [0.15, 0.2) is 12.7 Å². The lowest BCUT2D eigenvalue weighted by Crippen LogP contribution is -2.62. The van der Waals surface area contributed by atoms with Crippen molar-refractivity contribution < 1.29 is 19.8 Å². The molecule has 0 aliphatic carbocycles. The van der Waals surface area contributed by atoms with Gasteiger partial charge in [0, 0.05) is 56.8 Å². The van der Waals surface area contributed by atoms with Gasteiger partial charge in [-0.15, -0.1) is 0 Å². The van der Waals surface area contributed by atoms with E-state index in [0.717, 1.165) is 58.4 Å². The Morgan fingerprint density at radius 2 is 1.48 bits per heavy atom. The van der Waals surface area contributed by atoms with E-state index in [9.17, 15) is 19.8 Å². The molecular formula is C28H42N8O4. The Morgan fingerprint density at radius 1 is 0.850 bits per heavy atom. The number of fused-ring (bicyclic) bond motifs is 2. The van der Waals surface area contributed by atoms with Crippen molar-refractivity contribution in [2.45, 2.75) is 71.5 Å². The summed E-state index contributed by atoms with van der Waals surface area (Å²) in [6, 6.07) is 1.25. The van der Waals surface area contributed by atoms with Gasteiger partial charge < -0.3 is 30.2 Å². The number of amides is 2. The number of likely N-dealkylation sites (N-methyl/N-ethyl adjacent to an activating group) is 1. The van der Waals surface area contributed by atoms with E-state index in [0.29, 0.717) is 29.4 Å². The molecule has 0 spiro atoms. The maximum atomic E-state index is 12.7. The van der Waals surface area contributed by atoms with Crippen LogP contribution >= 0.6 is 0 Å². The largest absolute Gasteiger partial charge is 0.504 e. The van der Waals surface area contributed by atoms with Crippen molar-refractivity contribution in [3.05, 3.63) is 35.4 Å². The minimum absolute atomic E-state index is 0.0917. The van der Waals surface area contributed by atoms with Gasteiger partial charge in [-0.25, -0.2) is 19.9 Å². The second-order valence-electron chi connectivity index (χ2n) is 10.7. The maximum Gasteiger partial charge on any atom is 0.276 e. The van der Waals surface area contributed by atoms with Crippen LogP contribution in [-0.4, -0.2) is 115 Å². The van der Waals surface area contributed by atoms with E-state index in [2.05, 4.69) is 37.2 Å².